The van der Waals surface area contributed by atoms with E-state index in [1.165, 1.54) is 6.08 Å². The Morgan fingerprint density at radius 1 is 0.892 bits per heavy atom. The molecule has 4 aromatic rings. The maximum Gasteiger partial charge on any atom is 0.335 e. The summed E-state index contributed by atoms with van der Waals surface area (Å²) in [5.41, 5.74) is 3.82. The molecule has 37 heavy (non-hydrogen) atoms. The van der Waals surface area contributed by atoms with E-state index in [0.717, 1.165) is 32.4 Å². The number of rotatable bonds is 5. The van der Waals surface area contributed by atoms with Crippen molar-refractivity contribution in [2.45, 2.75) is 20.5 Å². The van der Waals surface area contributed by atoms with Gasteiger partial charge in [-0.2, -0.15) is 0 Å². The number of benzene rings is 4. The maximum atomic E-state index is 13.5. The number of amides is 4. The fourth-order valence-corrected chi connectivity index (χ4v) is 4.74. The lowest BCUT2D eigenvalue weighted by Gasteiger charge is -2.27. The fourth-order valence-electron chi connectivity index (χ4n) is 4.52. The van der Waals surface area contributed by atoms with Crippen LogP contribution in [0, 0.1) is 13.8 Å². The zero-order valence-corrected chi connectivity index (χ0v) is 21.0. The molecule has 4 amide bonds. The van der Waals surface area contributed by atoms with E-state index in [-0.39, 0.29) is 16.3 Å². The first kappa shape index (κ1) is 24.3. The smallest absolute Gasteiger partial charge is 0.335 e. The van der Waals surface area contributed by atoms with Crippen LogP contribution in [-0.4, -0.2) is 17.8 Å². The first-order valence-corrected chi connectivity index (χ1v) is 12.1. The molecule has 0 aliphatic carbocycles. The number of aryl methyl sites for hydroxylation is 2. The molecule has 0 radical (unpaired) electrons. The third-order valence-corrected chi connectivity index (χ3v) is 6.41. The number of fused-ring (bicyclic) bond motifs is 1. The third-order valence-electron chi connectivity index (χ3n) is 6.09. The molecule has 0 atom stereocenters. The monoisotopic (exact) mass is 510 g/mol. The highest BCUT2D eigenvalue weighted by Crippen LogP contribution is 2.33. The Balaban J connectivity index is 1.59. The highest BCUT2D eigenvalue weighted by molar-refractivity contribution is 6.42. The average Bonchev–Trinajstić information content (AvgIpc) is 2.86. The number of hydrogen-bond acceptors (Lipinski definition) is 4. The van der Waals surface area contributed by atoms with Crippen molar-refractivity contribution in [3.05, 3.63) is 112 Å². The predicted molar refractivity (Wildman–Crippen MR) is 145 cm³/mol. The quantitative estimate of drug-likeness (QED) is 0.250. The zero-order valence-electron chi connectivity index (χ0n) is 20.2. The van der Waals surface area contributed by atoms with E-state index in [4.69, 9.17) is 16.3 Å². The number of anilines is 1. The molecule has 1 saturated heterocycles. The van der Waals surface area contributed by atoms with E-state index in [2.05, 4.69) is 23.5 Å². The Hall–Kier alpha value is -4.42. The van der Waals surface area contributed by atoms with E-state index in [0.29, 0.717) is 17.9 Å². The van der Waals surface area contributed by atoms with Gasteiger partial charge in [0.25, 0.3) is 11.8 Å². The second-order valence-electron chi connectivity index (χ2n) is 8.89. The van der Waals surface area contributed by atoms with Crippen LogP contribution in [0.3, 0.4) is 0 Å². The van der Waals surface area contributed by atoms with Gasteiger partial charge < -0.3 is 4.74 Å². The normalized spacial score (nSPS) is 14.8. The number of nitrogens with one attached hydrogen (secondary N) is 1. The number of barbiturate groups is 1. The molecule has 1 fully saturated rings. The lowest BCUT2D eigenvalue weighted by Crippen LogP contribution is -2.54. The van der Waals surface area contributed by atoms with Gasteiger partial charge in [0.05, 0.1) is 10.7 Å². The van der Waals surface area contributed by atoms with Gasteiger partial charge in [0.15, 0.2) is 0 Å². The van der Waals surface area contributed by atoms with Gasteiger partial charge in [-0.05, 0) is 54.5 Å². The number of halogens is 1. The highest BCUT2D eigenvalue weighted by Gasteiger charge is 2.38. The maximum absolute atomic E-state index is 13.5. The van der Waals surface area contributed by atoms with E-state index < -0.39 is 17.8 Å². The summed E-state index contributed by atoms with van der Waals surface area (Å²) in [4.78, 5) is 39.8. The van der Waals surface area contributed by atoms with E-state index in [1.54, 1.807) is 24.3 Å². The standard InChI is InChI=1S/C30H23ClN2O4/c1-18-13-19(2)15-20(14-18)17-37-27-12-11-21-7-3-4-8-22(21)23(27)16-24-28(34)32-30(36)33(29(24)35)26-10-6-5-9-25(26)31/h3-16H,17H2,1-2H3,(H,32,34,36)/b24-16+. The summed E-state index contributed by atoms with van der Waals surface area (Å²) < 4.78 is 6.22. The van der Waals surface area contributed by atoms with Gasteiger partial charge in [-0.1, -0.05) is 83.4 Å². The summed E-state index contributed by atoms with van der Waals surface area (Å²) in [5, 5.41) is 4.18. The van der Waals surface area contributed by atoms with Crippen molar-refractivity contribution in [3.63, 3.8) is 0 Å². The largest absolute Gasteiger partial charge is 0.488 e. The minimum absolute atomic E-state index is 0.189. The summed E-state index contributed by atoms with van der Waals surface area (Å²) in [6.07, 6.45) is 1.48. The van der Waals surface area contributed by atoms with Crippen LogP contribution >= 0.6 is 11.6 Å². The molecule has 6 nitrogen and oxygen atoms in total. The van der Waals surface area contributed by atoms with Crippen LogP contribution in [0.5, 0.6) is 5.75 Å². The minimum Gasteiger partial charge on any atom is -0.488 e. The zero-order chi connectivity index (χ0) is 26.1. The molecule has 184 valence electrons. The van der Waals surface area contributed by atoms with E-state index >= 15 is 0 Å². The number of imide groups is 2. The van der Waals surface area contributed by atoms with Gasteiger partial charge in [-0.15, -0.1) is 0 Å². The highest BCUT2D eigenvalue weighted by atomic mass is 35.5. The van der Waals surface area contributed by atoms with Gasteiger partial charge in [0, 0.05) is 5.56 Å². The topological polar surface area (TPSA) is 75.7 Å². The van der Waals surface area contributed by atoms with Crippen LogP contribution in [0.25, 0.3) is 16.8 Å². The number of ether oxygens (including phenoxy) is 1. The number of urea groups is 1. The Morgan fingerprint density at radius 3 is 2.35 bits per heavy atom. The number of para-hydroxylation sites is 1. The molecule has 5 rings (SSSR count). The number of nitrogens with zero attached hydrogens (tertiary/aromatic N) is 1. The average molecular weight is 511 g/mol. The SMILES string of the molecule is Cc1cc(C)cc(COc2ccc3ccccc3c2/C=C2\C(=O)NC(=O)N(c3ccccc3Cl)C2=O)c1. The fraction of sp³-hybridized carbons (Fsp3) is 0.100. The van der Waals surface area contributed by atoms with Crippen LogP contribution in [-0.2, 0) is 16.2 Å². The molecule has 1 N–H and O–H groups in total. The molecule has 0 bridgehead atoms. The molecule has 7 heteroatoms. The van der Waals surface area contributed by atoms with Gasteiger partial charge in [0.2, 0.25) is 0 Å². The minimum atomic E-state index is -0.857. The van der Waals surface area contributed by atoms with Gasteiger partial charge in [0.1, 0.15) is 17.9 Å². The van der Waals surface area contributed by atoms with Crippen molar-refractivity contribution in [3.8, 4) is 5.75 Å². The van der Waals surface area contributed by atoms with Crippen LogP contribution in [0.4, 0.5) is 10.5 Å². The van der Waals surface area contributed by atoms with Crippen LogP contribution in [0.1, 0.15) is 22.3 Å². The first-order valence-electron chi connectivity index (χ1n) is 11.7. The summed E-state index contributed by atoms with van der Waals surface area (Å²) in [5.74, 6) is -1.05. The van der Waals surface area contributed by atoms with Crippen molar-refractivity contribution in [1.29, 1.82) is 0 Å². The van der Waals surface area contributed by atoms with Crippen LogP contribution in [0.15, 0.2) is 84.4 Å². The lowest BCUT2D eigenvalue weighted by molar-refractivity contribution is -0.122. The Labute approximate surface area is 219 Å². The number of carbonyl (C=O) groups excluding carboxylic acids is 3. The summed E-state index contributed by atoms with van der Waals surface area (Å²) >= 11 is 6.26. The Morgan fingerprint density at radius 2 is 1.59 bits per heavy atom. The molecule has 0 spiro atoms. The van der Waals surface area contributed by atoms with Gasteiger partial charge in [-0.25, -0.2) is 9.69 Å². The molecule has 4 aromatic carbocycles. The lowest BCUT2D eigenvalue weighted by atomic mass is 9.99. The predicted octanol–water partition coefficient (Wildman–Crippen LogP) is 6.36. The molecular formula is C30H23ClN2O4. The second kappa shape index (κ2) is 9.91. The molecule has 0 saturated carbocycles. The van der Waals surface area contributed by atoms with Crippen LogP contribution < -0.4 is 15.0 Å². The van der Waals surface area contributed by atoms with Gasteiger partial charge >= 0.3 is 6.03 Å². The Bertz CT molecular complexity index is 1590. The number of hydrogen-bond donors (Lipinski definition) is 1. The molecule has 0 unspecified atom stereocenters. The van der Waals surface area contributed by atoms with Crippen LogP contribution in [0.2, 0.25) is 5.02 Å². The summed E-state index contributed by atoms with van der Waals surface area (Å²) in [7, 11) is 0. The van der Waals surface area contributed by atoms with E-state index in [1.807, 2.05) is 50.2 Å². The molecule has 1 aliphatic rings. The third kappa shape index (κ3) is 4.84. The van der Waals surface area contributed by atoms with Gasteiger partial charge in [-0.3, -0.25) is 14.9 Å². The van der Waals surface area contributed by atoms with Crippen molar-refractivity contribution in [1.82, 2.24) is 5.32 Å². The second-order valence-corrected chi connectivity index (χ2v) is 9.30. The summed E-state index contributed by atoms with van der Waals surface area (Å²) in [6, 6.07) is 23.2. The van der Waals surface area contributed by atoms with Crippen molar-refractivity contribution >= 4 is 52.0 Å². The van der Waals surface area contributed by atoms with Crippen molar-refractivity contribution in [2.75, 3.05) is 4.90 Å². The summed E-state index contributed by atoms with van der Waals surface area (Å²) in [6.45, 7) is 4.37. The molecule has 1 heterocycles. The Kier molecular flexibility index (Phi) is 6.51. The molecular weight excluding hydrogens is 488 g/mol. The van der Waals surface area contributed by atoms with E-state index in [9.17, 15) is 14.4 Å². The number of carbonyl (C=O) groups is 3. The first-order chi connectivity index (χ1) is 17.8. The van der Waals surface area contributed by atoms with Crippen molar-refractivity contribution in [2.24, 2.45) is 0 Å². The van der Waals surface area contributed by atoms with Crippen molar-refractivity contribution < 1.29 is 19.1 Å². The molecule has 1 aliphatic heterocycles. The molecule has 0 aromatic heterocycles.